The molecule has 5 aromatic rings. The zero-order valence-corrected chi connectivity index (χ0v) is 28.2. The number of ether oxygens (including phenoxy) is 3. The summed E-state index contributed by atoms with van der Waals surface area (Å²) in [5.74, 6) is 1.72. The van der Waals surface area contributed by atoms with Gasteiger partial charge in [0.05, 0.1) is 7.11 Å². The second-order valence-corrected chi connectivity index (χ2v) is 13.4. The second-order valence-electron chi connectivity index (χ2n) is 13.4. The summed E-state index contributed by atoms with van der Waals surface area (Å²) < 4.78 is 18.7. The Morgan fingerprint density at radius 2 is 1.38 bits per heavy atom. The summed E-state index contributed by atoms with van der Waals surface area (Å²) in [6.45, 7) is 7.29. The van der Waals surface area contributed by atoms with Crippen LogP contribution in [0, 0.1) is 20.8 Å². The lowest BCUT2D eigenvalue weighted by molar-refractivity contribution is 0.162. The fraction of sp³-hybridized carbons (Fsp3) is 0.302. The monoisotopic (exact) mass is 624 g/mol. The van der Waals surface area contributed by atoms with Crippen LogP contribution < -0.4 is 9.47 Å². The van der Waals surface area contributed by atoms with Crippen molar-refractivity contribution in [2.24, 2.45) is 0 Å². The highest BCUT2D eigenvalue weighted by Crippen LogP contribution is 2.61. The van der Waals surface area contributed by atoms with Crippen molar-refractivity contribution in [1.82, 2.24) is 0 Å². The smallest absolute Gasteiger partial charge is 0.178 e. The molecule has 7 rings (SSSR count). The van der Waals surface area contributed by atoms with Gasteiger partial charge < -0.3 is 19.3 Å². The Hall–Kier alpha value is -4.38. The standard InChI is InChI=1S/C43H44O4/c1-28-8-12-31(13-9-28)43(32-14-16-33(46-5)17-15-32)23-20-36-40-39(34-18-10-29(2)26-37(34)41(36)47-43)35-19-11-30(3)27-38(35)42(40,21-6-24-44)22-7-25-45-4/h8-20,23,26-27,44H,6-7,21-22,24-25H2,1-5H3. The van der Waals surface area contributed by atoms with Crippen LogP contribution in [0.15, 0.2) is 91.0 Å². The number of aliphatic hydroxyl groups is 1. The van der Waals surface area contributed by atoms with Gasteiger partial charge in [0.2, 0.25) is 0 Å². The highest BCUT2D eigenvalue weighted by atomic mass is 16.5. The van der Waals surface area contributed by atoms with Crippen molar-refractivity contribution in [3.63, 3.8) is 0 Å². The van der Waals surface area contributed by atoms with E-state index in [9.17, 15) is 5.11 Å². The van der Waals surface area contributed by atoms with Gasteiger partial charge in [-0.25, -0.2) is 0 Å². The molecule has 0 saturated carbocycles. The van der Waals surface area contributed by atoms with Gasteiger partial charge in [0.1, 0.15) is 11.5 Å². The van der Waals surface area contributed by atoms with Crippen molar-refractivity contribution < 1.29 is 19.3 Å². The van der Waals surface area contributed by atoms with Gasteiger partial charge in [0.15, 0.2) is 5.60 Å². The normalized spacial score (nSPS) is 19.3. The first-order valence-corrected chi connectivity index (χ1v) is 16.8. The van der Waals surface area contributed by atoms with Crippen LogP contribution >= 0.6 is 0 Å². The van der Waals surface area contributed by atoms with Gasteiger partial charge in [0.25, 0.3) is 0 Å². The maximum absolute atomic E-state index is 10.2. The highest BCUT2D eigenvalue weighted by molar-refractivity contribution is 6.08. The Morgan fingerprint density at radius 3 is 2.09 bits per heavy atom. The van der Waals surface area contributed by atoms with Crippen LogP contribution in [0.25, 0.3) is 28.0 Å². The number of methoxy groups -OCH3 is 2. The average Bonchev–Trinajstić information content (AvgIpc) is 3.37. The average molecular weight is 625 g/mol. The number of hydrogen-bond donors (Lipinski definition) is 1. The van der Waals surface area contributed by atoms with Crippen LogP contribution in [-0.4, -0.2) is 32.5 Å². The molecule has 2 unspecified atom stereocenters. The Bertz CT molecular complexity index is 1970. The van der Waals surface area contributed by atoms with Crippen molar-refractivity contribution in [1.29, 1.82) is 0 Å². The minimum absolute atomic E-state index is 0.151. The molecule has 0 aromatic heterocycles. The summed E-state index contributed by atoms with van der Waals surface area (Å²) in [6.07, 6.45) is 7.97. The van der Waals surface area contributed by atoms with Gasteiger partial charge in [-0.3, -0.25) is 0 Å². The molecule has 5 aromatic carbocycles. The molecule has 4 heteroatoms. The Morgan fingerprint density at radius 1 is 0.723 bits per heavy atom. The predicted octanol–water partition coefficient (Wildman–Crippen LogP) is 9.59. The molecule has 47 heavy (non-hydrogen) atoms. The molecule has 0 amide bonds. The van der Waals surface area contributed by atoms with Crippen LogP contribution in [0.1, 0.15) is 70.2 Å². The topological polar surface area (TPSA) is 47.9 Å². The van der Waals surface area contributed by atoms with Crippen LogP contribution in [0.5, 0.6) is 11.5 Å². The summed E-state index contributed by atoms with van der Waals surface area (Å²) in [4.78, 5) is 0. The second kappa shape index (κ2) is 12.3. The fourth-order valence-electron chi connectivity index (χ4n) is 8.10. The largest absolute Gasteiger partial charge is 0.497 e. The molecular weight excluding hydrogens is 580 g/mol. The van der Waals surface area contributed by atoms with Gasteiger partial charge in [0, 0.05) is 47.8 Å². The number of aliphatic hydroxyl groups excluding tert-OH is 1. The first kappa shape index (κ1) is 31.2. The molecule has 240 valence electrons. The lowest BCUT2D eigenvalue weighted by atomic mass is 9.69. The van der Waals surface area contributed by atoms with Crippen molar-refractivity contribution in [2.45, 2.75) is 57.5 Å². The summed E-state index contributed by atoms with van der Waals surface area (Å²) >= 11 is 0. The molecule has 0 spiro atoms. The number of hydrogen-bond acceptors (Lipinski definition) is 4. The highest BCUT2D eigenvalue weighted by Gasteiger charge is 2.48. The van der Waals surface area contributed by atoms with E-state index in [1.165, 1.54) is 44.3 Å². The third-order valence-corrected chi connectivity index (χ3v) is 10.4. The lowest BCUT2D eigenvalue weighted by Gasteiger charge is -2.40. The zero-order chi connectivity index (χ0) is 32.8. The maximum Gasteiger partial charge on any atom is 0.178 e. The molecule has 0 fully saturated rings. The van der Waals surface area contributed by atoms with Crippen LogP contribution in [0.2, 0.25) is 0 Å². The summed E-state index contributed by atoms with van der Waals surface area (Å²) in [6, 6.07) is 30.7. The maximum atomic E-state index is 10.2. The van der Waals surface area contributed by atoms with Gasteiger partial charge in [-0.05, 0) is 98.4 Å². The molecule has 0 radical (unpaired) electrons. The molecule has 0 saturated heterocycles. The van der Waals surface area contributed by atoms with E-state index in [1.54, 1.807) is 14.2 Å². The summed E-state index contributed by atoms with van der Waals surface area (Å²) in [5, 5.41) is 12.5. The zero-order valence-electron chi connectivity index (χ0n) is 28.2. The van der Waals surface area contributed by atoms with Crippen LogP contribution in [0.3, 0.4) is 0 Å². The van der Waals surface area contributed by atoms with Gasteiger partial charge in [-0.2, -0.15) is 0 Å². The molecule has 1 aliphatic carbocycles. The van der Waals surface area contributed by atoms with Crippen molar-refractivity contribution in [3.8, 4) is 22.6 Å². The molecule has 1 heterocycles. The van der Waals surface area contributed by atoms with Gasteiger partial charge >= 0.3 is 0 Å². The molecule has 0 bridgehead atoms. The van der Waals surface area contributed by atoms with E-state index in [2.05, 4.69) is 106 Å². The van der Waals surface area contributed by atoms with E-state index in [0.29, 0.717) is 13.0 Å². The minimum Gasteiger partial charge on any atom is -0.497 e. The molecule has 1 N–H and O–H groups in total. The lowest BCUT2D eigenvalue weighted by Crippen LogP contribution is -2.35. The number of benzene rings is 5. The number of aryl methyl sites for hydroxylation is 3. The molecular formula is C43H44O4. The first-order valence-electron chi connectivity index (χ1n) is 16.8. The van der Waals surface area contributed by atoms with Crippen molar-refractivity contribution >= 4 is 16.8 Å². The molecule has 2 aliphatic rings. The van der Waals surface area contributed by atoms with Crippen molar-refractivity contribution in [2.75, 3.05) is 27.4 Å². The SMILES string of the molecule is COCCCC1(CCCO)c2cc(C)ccc2-c2c1c1c(c3cc(C)ccc23)OC(c2ccc(C)cc2)(c2ccc(OC)cc2)C=C1. The summed E-state index contributed by atoms with van der Waals surface area (Å²) in [5.41, 5.74) is 11.0. The van der Waals surface area contributed by atoms with Crippen molar-refractivity contribution in [3.05, 3.63) is 136 Å². The molecule has 1 aliphatic heterocycles. The van der Waals surface area contributed by atoms with E-state index in [-0.39, 0.29) is 12.0 Å². The first-order chi connectivity index (χ1) is 22.8. The van der Waals surface area contributed by atoms with E-state index < -0.39 is 5.60 Å². The Balaban J connectivity index is 1.56. The third-order valence-electron chi connectivity index (χ3n) is 10.4. The molecule has 4 nitrogen and oxygen atoms in total. The fourth-order valence-corrected chi connectivity index (χ4v) is 8.10. The van der Waals surface area contributed by atoms with Gasteiger partial charge in [-0.15, -0.1) is 0 Å². The quantitative estimate of drug-likeness (QED) is 0.157. The van der Waals surface area contributed by atoms with E-state index in [0.717, 1.165) is 52.8 Å². The molecule has 2 atom stereocenters. The minimum atomic E-state index is -0.844. The van der Waals surface area contributed by atoms with Crippen LogP contribution in [-0.2, 0) is 15.8 Å². The predicted molar refractivity (Wildman–Crippen MR) is 192 cm³/mol. The van der Waals surface area contributed by atoms with E-state index in [1.807, 2.05) is 12.1 Å². The Kier molecular flexibility index (Phi) is 8.20. The number of fused-ring (bicyclic) bond motifs is 8. The number of rotatable bonds is 10. The van der Waals surface area contributed by atoms with Crippen LogP contribution in [0.4, 0.5) is 0 Å². The summed E-state index contributed by atoms with van der Waals surface area (Å²) in [7, 11) is 3.47. The van der Waals surface area contributed by atoms with Gasteiger partial charge in [-0.1, -0.05) is 89.5 Å². The third kappa shape index (κ3) is 5.06. The van der Waals surface area contributed by atoms with E-state index in [4.69, 9.17) is 14.2 Å². The Labute approximate surface area is 278 Å². The van der Waals surface area contributed by atoms with E-state index >= 15 is 0 Å².